The van der Waals surface area contributed by atoms with Gasteiger partial charge in [-0.1, -0.05) is 6.92 Å². The Bertz CT molecular complexity index is 261. The van der Waals surface area contributed by atoms with Crippen molar-refractivity contribution in [3.8, 4) is 0 Å². The SMILES string of the molecule is CCC(C)NC(=NC)NCC(=O)NC1CC1. The summed E-state index contributed by atoms with van der Waals surface area (Å²) in [7, 11) is 1.70. The first-order valence-corrected chi connectivity index (χ1v) is 5.92. The maximum absolute atomic E-state index is 11.4. The highest BCUT2D eigenvalue weighted by atomic mass is 16.2. The molecule has 5 heteroatoms. The highest BCUT2D eigenvalue weighted by molar-refractivity contribution is 5.86. The maximum Gasteiger partial charge on any atom is 0.239 e. The molecule has 0 aromatic rings. The Hall–Kier alpha value is -1.26. The average molecular weight is 226 g/mol. The van der Waals surface area contributed by atoms with Gasteiger partial charge in [0.2, 0.25) is 5.91 Å². The molecule has 1 aliphatic rings. The standard InChI is InChI=1S/C11H22N4O/c1-4-8(2)14-11(12-3)13-7-10(16)15-9-5-6-9/h8-9H,4-7H2,1-3H3,(H,15,16)(H2,12,13,14). The zero-order valence-electron chi connectivity index (χ0n) is 10.3. The molecule has 0 bridgehead atoms. The second-order valence-corrected chi connectivity index (χ2v) is 4.22. The summed E-state index contributed by atoms with van der Waals surface area (Å²) in [6, 6.07) is 0.775. The van der Waals surface area contributed by atoms with Gasteiger partial charge in [0.15, 0.2) is 5.96 Å². The van der Waals surface area contributed by atoms with E-state index in [9.17, 15) is 4.79 Å². The molecule has 1 amide bonds. The van der Waals surface area contributed by atoms with Gasteiger partial charge in [0, 0.05) is 19.1 Å². The number of amides is 1. The molecule has 1 unspecified atom stereocenters. The Balaban J connectivity index is 2.19. The van der Waals surface area contributed by atoms with Crippen LogP contribution >= 0.6 is 0 Å². The third kappa shape index (κ3) is 5.00. The van der Waals surface area contributed by atoms with E-state index in [0.29, 0.717) is 18.0 Å². The van der Waals surface area contributed by atoms with Crippen LogP contribution in [-0.4, -0.2) is 37.5 Å². The second kappa shape index (κ2) is 6.35. The van der Waals surface area contributed by atoms with Crippen molar-refractivity contribution in [1.29, 1.82) is 0 Å². The first-order valence-electron chi connectivity index (χ1n) is 5.92. The molecule has 5 nitrogen and oxygen atoms in total. The lowest BCUT2D eigenvalue weighted by Crippen LogP contribution is -2.46. The third-order valence-electron chi connectivity index (χ3n) is 2.58. The number of nitrogens with one attached hydrogen (secondary N) is 3. The van der Waals surface area contributed by atoms with E-state index in [-0.39, 0.29) is 12.5 Å². The molecular formula is C11H22N4O. The molecule has 0 heterocycles. The minimum Gasteiger partial charge on any atom is -0.354 e. The number of carbonyl (C=O) groups excluding carboxylic acids is 1. The predicted molar refractivity (Wildman–Crippen MR) is 65.4 cm³/mol. The van der Waals surface area contributed by atoms with Crippen LogP contribution in [0.1, 0.15) is 33.1 Å². The monoisotopic (exact) mass is 226 g/mol. The summed E-state index contributed by atoms with van der Waals surface area (Å²) in [6.45, 7) is 4.47. The van der Waals surface area contributed by atoms with E-state index in [4.69, 9.17) is 0 Å². The fourth-order valence-electron chi connectivity index (χ4n) is 1.20. The zero-order chi connectivity index (χ0) is 12.0. The molecule has 0 aromatic carbocycles. The summed E-state index contributed by atoms with van der Waals surface area (Å²) in [6.07, 6.45) is 3.26. The smallest absolute Gasteiger partial charge is 0.239 e. The molecule has 1 atom stereocenters. The van der Waals surface area contributed by atoms with Crippen LogP contribution in [0.3, 0.4) is 0 Å². The Morgan fingerprint density at radius 2 is 2.19 bits per heavy atom. The molecule has 1 aliphatic carbocycles. The van der Waals surface area contributed by atoms with E-state index in [0.717, 1.165) is 19.3 Å². The van der Waals surface area contributed by atoms with Crippen molar-refractivity contribution in [2.24, 2.45) is 4.99 Å². The van der Waals surface area contributed by atoms with Crippen molar-refractivity contribution in [3.05, 3.63) is 0 Å². The number of hydrogen-bond donors (Lipinski definition) is 3. The molecule has 0 aromatic heterocycles. The number of rotatable bonds is 5. The molecule has 0 aliphatic heterocycles. The van der Waals surface area contributed by atoms with Crippen molar-refractivity contribution >= 4 is 11.9 Å². The lowest BCUT2D eigenvalue weighted by Gasteiger charge is -2.16. The fraction of sp³-hybridized carbons (Fsp3) is 0.818. The first-order chi connectivity index (χ1) is 7.65. The molecule has 0 radical (unpaired) electrons. The minimum atomic E-state index is 0.0367. The highest BCUT2D eigenvalue weighted by Gasteiger charge is 2.22. The number of aliphatic imine (C=N–C) groups is 1. The molecule has 16 heavy (non-hydrogen) atoms. The van der Waals surface area contributed by atoms with Crippen molar-refractivity contribution in [3.63, 3.8) is 0 Å². The predicted octanol–water partition coefficient (Wildman–Crippen LogP) is 0.229. The Kier molecular flexibility index (Phi) is 5.08. The van der Waals surface area contributed by atoms with Gasteiger partial charge in [-0.25, -0.2) is 0 Å². The van der Waals surface area contributed by atoms with Crippen molar-refractivity contribution in [1.82, 2.24) is 16.0 Å². The van der Waals surface area contributed by atoms with Crippen LogP contribution in [0.25, 0.3) is 0 Å². The molecule has 0 saturated heterocycles. The summed E-state index contributed by atoms with van der Waals surface area (Å²) >= 11 is 0. The van der Waals surface area contributed by atoms with Crippen LogP contribution in [-0.2, 0) is 4.79 Å². The van der Waals surface area contributed by atoms with Crippen molar-refractivity contribution < 1.29 is 4.79 Å². The normalized spacial score (nSPS) is 17.8. The van der Waals surface area contributed by atoms with E-state index >= 15 is 0 Å². The van der Waals surface area contributed by atoms with E-state index < -0.39 is 0 Å². The largest absolute Gasteiger partial charge is 0.354 e. The number of carbonyl (C=O) groups is 1. The molecule has 1 fully saturated rings. The van der Waals surface area contributed by atoms with Gasteiger partial charge in [-0.2, -0.15) is 0 Å². The maximum atomic E-state index is 11.4. The van der Waals surface area contributed by atoms with Crippen LogP contribution in [0.15, 0.2) is 4.99 Å². The number of nitrogens with zero attached hydrogens (tertiary/aromatic N) is 1. The third-order valence-corrected chi connectivity index (χ3v) is 2.58. The lowest BCUT2D eigenvalue weighted by molar-refractivity contribution is -0.120. The van der Waals surface area contributed by atoms with Gasteiger partial charge in [-0.05, 0) is 26.2 Å². The highest BCUT2D eigenvalue weighted by Crippen LogP contribution is 2.18. The van der Waals surface area contributed by atoms with Crippen molar-refractivity contribution in [2.45, 2.75) is 45.2 Å². The average Bonchev–Trinajstić information content (AvgIpc) is 3.07. The summed E-state index contributed by atoms with van der Waals surface area (Å²) in [5.41, 5.74) is 0. The summed E-state index contributed by atoms with van der Waals surface area (Å²) in [4.78, 5) is 15.5. The van der Waals surface area contributed by atoms with Gasteiger partial charge in [-0.15, -0.1) is 0 Å². The molecule has 1 rings (SSSR count). The molecule has 1 saturated carbocycles. The van der Waals surface area contributed by atoms with Crippen LogP contribution in [0, 0.1) is 0 Å². The van der Waals surface area contributed by atoms with Gasteiger partial charge >= 0.3 is 0 Å². The van der Waals surface area contributed by atoms with Gasteiger partial charge < -0.3 is 16.0 Å². The Morgan fingerprint density at radius 1 is 1.50 bits per heavy atom. The van der Waals surface area contributed by atoms with E-state index in [2.05, 4.69) is 34.8 Å². The zero-order valence-corrected chi connectivity index (χ0v) is 10.3. The first kappa shape index (κ1) is 12.8. The van der Waals surface area contributed by atoms with Crippen LogP contribution in [0.5, 0.6) is 0 Å². The van der Waals surface area contributed by atoms with Crippen LogP contribution in [0.4, 0.5) is 0 Å². The Morgan fingerprint density at radius 3 is 2.69 bits per heavy atom. The molecule has 92 valence electrons. The van der Waals surface area contributed by atoms with E-state index in [1.54, 1.807) is 7.05 Å². The van der Waals surface area contributed by atoms with E-state index in [1.807, 2.05) is 0 Å². The summed E-state index contributed by atoms with van der Waals surface area (Å²) < 4.78 is 0. The van der Waals surface area contributed by atoms with Gasteiger partial charge in [0.05, 0.1) is 6.54 Å². The summed E-state index contributed by atoms with van der Waals surface area (Å²) in [5.74, 6) is 0.717. The van der Waals surface area contributed by atoms with Crippen LogP contribution in [0.2, 0.25) is 0 Å². The Labute approximate surface area is 97.1 Å². The minimum absolute atomic E-state index is 0.0367. The number of guanidine groups is 1. The quantitative estimate of drug-likeness (QED) is 0.464. The second-order valence-electron chi connectivity index (χ2n) is 4.22. The molecular weight excluding hydrogens is 204 g/mol. The number of hydrogen-bond acceptors (Lipinski definition) is 2. The lowest BCUT2D eigenvalue weighted by atomic mass is 10.3. The molecule has 3 N–H and O–H groups in total. The van der Waals surface area contributed by atoms with Gasteiger partial charge in [0.25, 0.3) is 0 Å². The van der Waals surface area contributed by atoms with Crippen LogP contribution < -0.4 is 16.0 Å². The summed E-state index contributed by atoms with van der Waals surface area (Å²) in [5, 5.41) is 9.11. The van der Waals surface area contributed by atoms with Crippen molar-refractivity contribution in [2.75, 3.05) is 13.6 Å². The topological polar surface area (TPSA) is 65.5 Å². The van der Waals surface area contributed by atoms with E-state index in [1.165, 1.54) is 0 Å². The van der Waals surface area contributed by atoms with Gasteiger partial charge in [-0.3, -0.25) is 9.79 Å². The molecule has 0 spiro atoms. The van der Waals surface area contributed by atoms with Gasteiger partial charge in [0.1, 0.15) is 0 Å². The fourth-order valence-corrected chi connectivity index (χ4v) is 1.20.